The van der Waals surface area contributed by atoms with Crippen LogP contribution in [-0.2, 0) is 0 Å². The van der Waals surface area contributed by atoms with Gasteiger partial charge in [0.05, 0.1) is 12.0 Å². The Morgan fingerprint density at radius 3 is 2.48 bits per heavy atom. The van der Waals surface area contributed by atoms with Crippen LogP contribution in [0.15, 0.2) is 23.9 Å². The predicted molar refractivity (Wildman–Crippen MR) is 77.5 cm³/mol. The van der Waals surface area contributed by atoms with E-state index in [9.17, 15) is 31.4 Å². The summed E-state index contributed by atoms with van der Waals surface area (Å²) in [6, 6.07) is 0. The molecule has 0 fully saturated rings. The number of rotatable bonds is 6. The van der Waals surface area contributed by atoms with E-state index >= 15 is 0 Å². The summed E-state index contributed by atoms with van der Waals surface area (Å²) in [5.74, 6) is -1.77. The zero-order valence-electron chi connectivity index (χ0n) is 12.4. The fourth-order valence-electron chi connectivity index (χ4n) is 2.12. The van der Waals surface area contributed by atoms with Gasteiger partial charge in [-0.05, 0) is 31.2 Å². The van der Waals surface area contributed by atoms with Crippen molar-refractivity contribution in [1.29, 1.82) is 0 Å². The molecular formula is C14H19F6NOS. The molecular weight excluding hydrogens is 344 g/mol. The molecule has 0 bridgehead atoms. The van der Waals surface area contributed by atoms with Gasteiger partial charge in [0.15, 0.2) is 0 Å². The van der Waals surface area contributed by atoms with Crippen LogP contribution in [0.5, 0.6) is 0 Å². The van der Waals surface area contributed by atoms with Crippen LogP contribution in [0, 0.1) is 5.92 Å². The van der Waals surface area contributed by atoms with Crippen molar-refractivity contribution in [3.8, 4) is 0 Å². The average molecular weight is 363 g/mol. The molecule has 3 atom stereocenters. The van der Waals surface area contributed by atoms with Crippen LogP contribution < -0.4 is 4.72 Å². The number of hydrogen-bond acceptors (Lipinski definition) is 3. The van der Waals surface area contributed by atoms with Gasteiger partial charge in [-0.2, -0.15) is 26.3 Å². The molecule has 0 aromatic heterocycles. The van der Waals surface area contributed by atoms with Crippen molar-refractivity contribution in [2.75, 3.05) is 0 Å². The lowest BCUT2D eigenvalue weighted by Gasteiger charge is -2.29. The molecule has 3 unspecified atom stereocenters. The molecule has 2 nitrogen and oxygen atoms in total. The Kier molecular flexibility index (Phi) is 7.31. The van der Waals surface area contributed by atoms with Gasteiger partial charge in [0, 0.05) is 23.4 Å². The molecule has 1 aliphatic carbocycles. The molecule has 0 radical (unpaired) electrons. The standard InChI is InChI=1S/C14H19F6NOS/c1-2-10(4-3-7-13(15,16)17)23-21-9-5-6-11(12(22)8-9)14(18,19)20/h3,5,7,10-12,21-22H,2,4,6,8H2,1H3/b7-3+. The number of hydrogen-bond donors (Lipinski definition) is 2. The summed E-state index contributed by atoms with van der Waals surface area (Å²) >= 11 is 1.16. The van der Waals surface area contributed by atoms with Crippen molar-refractivity contribution in [3.05, 3.63) is 23.9 Å². The van der Waals surface area contributed by atoms with E-state index in [1.165, 1.54) is 6.08 Å². The van der Waals surface area contributed by atoms with Gasteiger partial charge in [-0.25, -0.2) is 0 Å². The lowest BCUT2D eigenvalue weighted by molar-refractivity contribution is -0.200. The van der Waals surface area contributed by atoms with E-state index in [4.69, 9.17) is 0 Å². The molecule has 0 aromatic carbocycles. The Bertz CT molecular complexity index is 432. The predicted octanol–water partition coefficient (Wildman–Crippen LogP) is 4.73. The highest BCUT2D eigenvalue weighted by atomic mass is 32.2. The fraction of sp³-hybridized carbons (Fsp3) is 0.714. The molecule has 1 aliphatic rings. The van der Waals surface area contributed by atoms with Crippen LogP contribution in [0.4, 0.5) is 26.3 Å². The maximum Gasteiger partial charge on any atom is 0.409 e. The van der Waals surface area contributed by atoms with Crippen molar-refractivity contribution in [2.45, 2.75) is 56.3 Å². The topological polar surface area (TPSA) is 32.3 Å². The lowest BCUT2D eigenvalue weighted by atomic mass is 9.89. The first-order valence-electron chi connectivity index (χ1n) is 7.12. The molecule has 9 heteroatoms. The third-order valence-electron chi connectivity index (χ3n) is 3.45. The van der Waals surface area contributed by atoms with E-state index in [0.29, 0.717) is 12.1 Å². The largest absolute Gasteiger partial charge is 0.409 e. The van der Waals surface area contributed by atoms with Crippen molar-refractivity contribution in [3.63, 3.8) is 0 Å². The van der Waals surface area contributed by atoms with E-state index in [1.807, 2.05) is 6.92 Å². The normalized spacial score (nSPS) is 24.6. The van der Waals surface area contributed by atoms with E-state index in [1.54, 1.807) is 0 Å². The van der Waals surface area contributed by atoms with Gasteiger partial charge in [-0.15, -0.1) is 0 Å². The van der Waals surface area contributed by atoms with Gasteiger partial charge in [0.1, 0.15) is 0 Å². The minimum atomic E-state index is -4.44. The number of aliphatic hydroxyl groups is 1. The highest BCUT2D eigenvalue weighted by Crippen LogP contribution is 2.37. The summed E-state index contributed by atoms with van der Waals surface area (Å²) in [4.78, 5) is 0. The number of allylic oxidation sites excluding steroid dienone is 3. The van der Waals surface area contributed by atoms with Gasteiger partial charge in [-0.1, -0.05) is 19.1 Å². The zero-order valence-corrected chi connectivity index (χ0v) is 13.2. The Labute approximate surface area is 135 Å². The number of alkyl halides is 6. The molecule has 0 heterocycles. The molecule has 1 rings (SSSR count). The number of nitrogens with one attached hydrogen (secondary N) is 1. The molecule has 134 valence electrons. The summed E-state index contributed by atoms with van der Waals surface area (Å²) < 4.78 is 76.8. The van der Waals surface area contributed by atoms with E-state index in [0.717, 1.165) is 18.0 Å². The minimum absolute atomic E-state index is 0.146. The smallest absolute Gasteiger partial charge is 0.392 e. The van der Waals surface area contributed by atoms with Gasteiger partial charge >= 0.3 is 12.4 Å². The van der Waals surface area contributed by atoms with Crippen molar-refractivity contribution in [1.82, 2.24) is 4.72 Å². The Balaban J connectivity index is 2.48. The molecule has 0 saturated carbocycles. The van der Waals surface area contributed by atoms with Crippen LogP contribution in [0.25, 0.3) is 0 Å². The maximum absolute atomic E-state index is 12.6. The van der Waals surface area contributed by atoms with Crippen LogP contribution >= 0.6 is 11.9 Å². The molecule has 0 aliphatic heterocycles. The van der Waals surface area contributed by atoms with Crippen LogP contribution in [0.1, 0.15) is 32.6 Å². The van der Waals surface area contributed by atoms with Gasteiger partial charge in [0.25, 0.3) is 0 Å². The van der Waals surface area contributed by atoms with Gasteiger partial charge in [0.2, 0.25) is 0 Å². The Morgan fingerprint density at radius 1 is 1.35 bits per heavy atom. The molecule has 0 spiro atoms. The van der Waals surface area contributed by atoms with Crippen molar-refractivity contribution < 1.29 is 31.4 Å². The molecule has 2 N–H and O–H groups in total. The third kappa shape index (κ3) is 7.52. The van der Waals surface area contributed by atoms with Crippen LogP contribution in [0.2, 0.25) is 0 Å². The van der Waals surface area contributed by atoms with Crippen molar-refractivity contribution in [2.24, 2.45) is 5.92 Å². The second-order valence-corrected chi connectivity index (χ2v) is 6.42. The van der Waals surface area contributed by atoms with E-state index < -0.39 is 24.4 Å². The quantitative estimate of drug-likeness (QED) is 0.407. The van der Waals surface area contributed by atoms with Crippen molar-refractivity contribution >= 4 is 11.9 Å². The minimum Gasteiger partial charge on any atom is -0.392 e. The number of aliphatic hydroxyl groups excluding tert-OH is 1. The third-order valence-corrected chi connectivity index (χ3v) is 4.69. The molecule has 23 heavy (non-hydrogen) atoms. The highest BCUT2D eigenvalue weighted by molar-refractivity contribution is 7.98. The maximum atomic E-state index is 12.6. The first-order valence-corrected chi connectivity index (χ1v) is 8.00. The first kappa shape index (κ1) is 20.2. The Hall–Kier alpha value is -0.830. The lowest BCUT2D eigenvalue weighted by Crippen LogP contribution is -2.37. The second-order valence-electron chi connectivity index (χ2n) is 5.31. The summed E-state index contributed by atoms with van der Waals surface area (Å²) in [6.07, 6.45) is -7.37. The summed E-state index contributed by atoms with van der Waals surface area (Å²) in [6.45, 7) is 1.81. The summed E-state index contributed by atoms with van der Waals surface area (Å²) in [7, 11) is 0. The van der Waals surface area contributed by atoms with Crippen LogP contribution in [-0.4, -0.2) is 28.8 Å². The summed E-state index contributed by atoms with van der Waals surface area (Å²) in [5.41, 5.74) is 0.473. The average Bonchev–Trinajstić information content (AvgIpc) is 2.40. The zero-order chi connectivity index (χ0) is 17.7. The molecule has 0 amide bonds. The second kappa shape index (κ2) is 8.32. The summed E-state index contributed by atoms with van der Waals surface area (Å²) in [5, 5.41) is 9.44. The highest BCUT2D eigenvalue weighted by Gasteiger charge is 2.45. The molecule has 0 aromatic rings. The fourth-order valence-corrected chi connectivity index (χ4v) is 2.98. The van der Waals surface area contributed by atoms with E-state index in [-0.39, 0.29) is 30.6 Å². The van der Waals surface area contributed by atoms with E-state index in [2.05, 4.69) is 4.72 Å². The monoisotopic (exact) mass is 363 g/mol. The van der Waals surface area contributed by atoms with Gasteiger partial charge < -0.3 is 9.83 Å². The number of halogens is 6. The van der Waals surface area contributed by atoms with Gasteiger partial charge in [-0.3, -0.25) is 0 Å². The SMILES string of the molecule is CCC(C/C=C/C(F)(F)F)SNC1=CCC(C(F)(F)F)C(O)C1. The molecule has 0 saturated heterocycles. The Morgan fingerprint density at radius 2 is 2.00 bits per heavy atom. The first-order chi connectivity index (χ1) is 10.5. The van der Waals surface area contributed by atoms with Crippen LogP contribution in [0.3, 0.4) is 0 Å².